The highest BCUT2D eigenvalue weighted by Crippen LogP contribution is 2.22. The Kier molecular flexibility index (Phi) is 6.27. The molecule has 0 aliphatic carbocycles. The van der Waals surface area contributed by atoms with Crippen LogP contribution in [0.4, 0.5) is 0 Å². The summed E-state index contributed by atoms with van der Waals surface area (Å²) in [6.45, 7) is 5.51. The Hall–Kier alpha value is -0.640. The van der Waals surface area contributed by atoms with Crippen LogP contribution < -0.4 is 5.32 Å². The molecule has 1 N–H and O–H groups in total. The maximum atomic E-state index is 3.69. The van der Waals surface area contributed by atoms with Crippen molar-refractivity contribution < 1.29 is 0 Å². The molecule has 0 aliphatic heterocycles. The summed E-state index contributed by atoms with van der Waals surface area (Å²) in [5.74, 6) is 0. The van der Waals surface area contributed by atoms with Crippen LogP contribution in [0.2, 0.25) is 0 Å². The molecule has 1 aromatic heterocycles. The van der Waals surface area contributed by atoms with E-state index in [2.05, 4.69) is 70.8 Å². The van der Waals surface area contributed by atoms with Crippen LogP contribution in [0, 0.1) is 6.92 Å². The van der Waals surface area contributed by atoms with Gasteiger partial charge in [0.05, 0.1) is 0 Å². The van der Waals surface area contributed by atoms with E-state index in [1.54, 1.807) is 0 Å². The Morgan fingerprint density at radius 3 is 2.70 bits per heavy atom. The average molecular weight is 352 g/mol. The van der Waals surface area contributed by atoms with E-state index >= 15 is 0 Å². The molecule has 20 heavy (non-hydrogen) atoms. The monoisotopic (exact) mass is 351 g/mol. The predicted molar refractivity (Wildman–Crippen MR) is 92.7 cm³/mol. The zero-order chi connectivity index (χ0) is 14.4. The molecule has 0 aliphatic rings. The molecule has 0 fully saturated rings. The SMILES string of the molecule is CCCNC(Cc1cc(Br)cs1)Cc1ccccc1C. The highest BCUT2D eigenvalue weighted by Gasteiger charge is 2.12. The predicted octanol–water partition coefficient (Wildman–Crippen LogP) is 4.97. The minimum absolute atomic E-state index is 0.515. The van der Waals surface area contributed by atoms with E-state index in [0.29, 0.717) is 6.04 Å². The summed E-state index contributed by atoms with van der Waals surface area (Å²) < 4.78 is 1.20. The van der Waals surface area contributed by atoms with Crippen LogP contribution in [0.3, 0.4) is 0 Å². The molecule has 2 aromatic rings. The highest BCUT2D eigenvalue weighted by molar-refractivity contribution is 9.10. The van der Waals surface area contributed by atoms with Gasteiger partial charge in [-0.1, -0.05) is 31.2 Å². The van der Waals surface area contributed by atoms with Crippen molar-refractivity contribution in [2.24, 2.45) is 0 Å². The van der Waals surface area contributed by atoms with Gasteiger partial charge in [0.15, 0.2) is 0 Å². The zero-order valence-electron chi connectivity index (χ0n) is 12.2. The van der Waals surface area contributed by atoms with E-state index in [1.165, 1.54) is 26.9 Å². The van der Waals surface area contributed by atoms with Crippen LogP contribution in [0.15, 0.2) is 40.2 Å². The van der Waals surface area contributed by atoms with E-state index in [4.69, 9.17) is 0 Å². The van der Waals surface area contributed by atoms with Crippen molar-refractivity contribution in [3.63, 3.8) is 0 Å². The lowest BCUT2D eigenvalue weighted by Crippen LogP contribution is -2.33. The van der Waals surface area contributed by atoms with Gasteiger partial charge in [0.25, 0.3) is 0 Å². The van der Waals surface area contributed by atoms with Gasteiger partial charge in [-0.3, -0.25) is 0 Å². The Morgan fingerprint density at radius 2 is 2.05 bits per heavy atom. The van der Waals surface area contributed by atoms with Crippen molar-refractivity contribution in [2.45, 2.75) is 39.2 Å². The summed E-state index contributed by atoms with van der Waals surface area (Å²) in [5, 5.41) is 5.86. The van der Waals surface area contributed by atoms with Crippen molar-refractivity contribution in [1.82, 2.24) is 5.32 Å². The molecular formula is C17H22BrNS. The van der Waals surface area contributed by atoms with Crippen molar-refractivity contribution in [3.8, 4) is 0 Å². The normalized spacial score (nSPS) is 12.6. The number of hydrogen-bond acceptors (Lipinski definition) is 2. The first-order valence-corrected chi connectivity index (χ1v) is 8.87. The summed E-state index contributed by atoms with van der Waals surface area (Å²) >= 11 is 5.38. The Balaban J connectivity index is 2.05. The quantitative estimate of drug-likeness (QED) is 0.742. The first-order chi connectivity index (χ1) is 9.69. The van der Waals surface area contributed by atoms with Crippen molar-refractivity contribution in [3.05, 3.63) is 56.2 Å². The molecule has 0 saturated carbocycles. The number of thiophene rings is 1. The van der Waals surface area contributed by atoms with E-state index in [1.807, 2.05) is 11.3 Å². The third-order valence-electron chi connectivity index (χ3n) is 3.48. The van der Waals surface area contributed by atoms with Gasteiger partial charge in [0, 0.05) is 20.8 Å². The largest absolute Gasteiger partial charge is 0.313 e. The molecule has 3 heteroatoms. The van der Waals surface area contributed by atoms with Gasteiger partial charge < -0.3 is 5.32 Å². The van der Waals surface area contributed by atoms with Crippen molar-refractivity contribution >= 4 is 27.3 Å². The molecule has 0 saturated heterocycles. The van der Waals surface area contributed by atoms with Gasteiger partial charge in [-0.15, -0.1) is 11.3 Å². The molecule has 1 heterocycles. The van der Waals surface area contributed by atoms with E-state index in [0.717, 1.165) is 19.4 Å². The molecule has 1 nitrogen and oxygen atoms in total. The van der Waals surface area contributed by atoms with E-state index in [-0.39, 0.29) is 0 Å². The Bertz CT molecular complexity index is 535. The first-order valence-electron chi connectivity index (χ1n) is 7.20. The fraction of sp³-hybridized carbons (Fsp3) is 0.412. The summed E-state index contributed by atoms with van der Waals surface area (Å²) in [6, 6.07) is 11.5. The Morgan fingerprint density at radius 1 is 1.25 bits per heavy atom. The highest BCUT2D eigenvalue weighted by atomic mass is 79.9. The van der Waals surface area contributed by atoms with Crippen LogP contribution in [-0.4, -0.2) is 12.6 Å². The molecular weight excluding hydrogens is 330 g/mol. The number of halogens is 1. The van der Waals surface area contributed by atoms with Crippen LogP contribution in [0.5, 0.6) is 0 Å². The van der Waals surface area contributed by atoms with Crippen LogP contribution in [-0.2, 0) is 12.8 Å². The number of nitrogens with one attached hydrogen (secondary N) is 1. The van der Waals surface area contributed by atoms with Crippen LogP contribution >= 0.6 is 27.3 Å². The fourth-order valence-electron chi connectivity index (χ4n) is 2.37. The molecule has 2 rings (SSSR count). The van der Waals surface area contributed by atoms with Gasteiger partial charge >= 0.3 is 0 Å². The second kappa shape index (κ2) is 7.96. The smallest absolute Gasteiger partial charge is 0.0285 e. The summed E-state index contributed by atoms with van der Waals surface area (Å²) in [6.07, 6.45) is 3.38. The number of hydrogen-bond donors (Lipinski definition) is 1. The van der Waals surface area contributed by atoms with Gasteiger partial charge in [-0.05, 0) is 65.9 Å². The van der Waals surface area contributed by atoms with Crippen LogP contribution in [0.25, 0.3) is 0 Å². The molecule has 0 amide bonds. The number of rotatable bonds is 7. The minimum Gasteiger partial charge on any atom is -0.313 e. The zero-order valence-corrected chi connectivity index (χ0v) is 14.6. The van der Waals surface area contributed by atoms with Crippen molar-refractivity contribution in [2.75, 3.05) is 6.54 Å². The maximum Gasteiger partial charge on any atom is 0.0285 e. The summed E-state index contributed by atoms with van der Waals surface area (Å²) in [5.41, 5.74) is 2.85. The lowest BCUT2D eigenvalue weighted by molar-refractivity contribution is 0.506. The molecule has 0 spiro atoms. The van der Waals surface area contributed by atoms with Gasteiger partial charge in [-0.2, -0.15) is 0 Å². The van der Waals surface area contributed by atoms with Gasteiger partial charge in [0.1, 0.15) is 0 Å². The lowest BCUT2D eigenvalue weighted by Gasteiger charge is -2.19. The van der Waals surface area contributed by atoms with E-state index < -0.39 is 0 Å². The van der Waals surface area contributed by atoms with Crippen LogP contribution in [0.1, 0.15) is 29.3 Å². The van der Waals surface area contributed by atoms with Crippen molar-refractivity contribution in [1.29, 1.82) is 0 Å². The van der Waals surface area contributed by atoms with E-state index in [9.17, 15) is 0 Å². The van der Waals surface area contributed by atoms with Gasteiger partial charge in [0.2, 0.25) is 0 Å². The minimum atomic E-state index is 0.515. The third-order valence-corrected chi connectivity index (χ3v) is 5.20. The molecule has 1 atom stereocenters. The summed E-state index contributed by atoms with van der Waals surface area (Å²) in [4.78, 5) is 1.44. The molecule has 1 aromatic carbocycles. The number of benzene rings is 1. The lowest BCUT2D eigenvalue weighted by atomic mass is 9.98. The second-order valence-corrected chi connectivity index (χ2v) is 7.13. The molecule has 108 valence electrons. The molecule has 0 bridgehead atoms. The topological polar surface area (TPSA) is 12.0 Å². The first kappa shape index (κ1) is 15.7. The van der Waals surface area contributed by atoms with Gasteiger partial charge in [-0.25, -0.2) is 0 Å². The Labute approximate surface area is 134 Å². The third kappa shape index (κ3) is 4.72. The average Bonchev–Trinajstić information content (AvgIpc) is 2.84. The second-order valence-electron chi connectivity index (χ2n) is 5.22. The maximum absolute atomic E-state index is 3.69. The standard InChI is InChI=1S/C17H22BrNS/c1-3-8-19-16(11-17-10-15(18)12-20-17)9-14-7-5-4-6-13(14)2/h4-7,10,12,16,19H,3,8-9,11H2,1-2H3. The number of aryl methyl sites for hydroxylation is 1. The molecule has 0 radical (unpaired) electrons. The summed E-state index contributed by atoms with van der Waals surface area (Å²) in [7, 11) is 0. The molecule has 1 unspecified atom stereocenters. The fourth-order valence-corrected chi connectivity index (χ4v) is 3.91.